The highest BCUT2D eigenvalue weighted by Crippen LogP contribution is 2.23. The Labute approximate surface area is 183 Å². The van der Waals surface area contributed by atoms with Crippen molar-refractivity contribution in [2.75, 3.05) is 23.3 Å². The lowest BCUT2D eigenvalue weighted by atomic mass is 10.1. The van der Waals surface area contributed by atoms with Gasteiger partial charge in [0.2, 0.25) is 5.91 Å². The summed E-state index contributed by atoms with van der Waals surface area (Å²) >= 11 is 0. The van der Waals surface area contributed by atoms with Crippen molar-refractivity contribution in [1.82, 2.24) is 4.90 Å². The third-order valence-electron chi connectivity index (χ3n) is 5.48. The number of urea groups is 1. The SMILES string of the molecule is Cc1ccc(CN2CCCN(c3ccc(NC(=O)Cc4ccccc4)cc3)C2=O)cc1. The van der Waals surface area contributed by atoms with Crippen LogP contribution < -0.4 is 10.2 Å². The Bertz CT molecular complexity index is 1030. The molecule has 1 aliphatic rings. The van der Waals surface area contributed by atoms with Crippen LogP contribution in [0, 0.1) is 6.92 Å². The van der Waals surface area contributed by atoms with Crippen LogP contribution in [-0.2, 0) is 17.8 Å². The second-order valence-corrected chi connectivity index (χ2v) is 7.95. The fraction of sp³-hybridized carbons (Fsp3) is 0.231. The molecule has 0 spiro atoms. The van der Waals surface area contributed by atoms with Gasteiger partial charge in [-0.15, -0.1) is 0 Å². The predicted molar refractivity (Wildman–Crippen MR) is 124 cm³/mol. The van der Waals surface area contributed by atoms with Crippen molar-refractivity contribution in [2.24, 2.45) is 0 Å². The van der Waals surface area contributed by atoms with Gasteiger partial charge in [0.05, 0.1) is 6.42 Å². The molecule has 3 aromatic carbocycles. The first kappa shape index (κ1) is 20.7. The van der Waals surface area contributed by atoms with Gasteiger partial charge in [0.25, 0.3) is 0 Å². The molecule has 31 heavy (non-hydrogen) atoms. The predicted octanol–water partition coefficient (Wildman–Crippen LogP) is 5.01. The van der Waals surface area contributed by atoms with E-state index in [2.05, 4.69) is 36.5 Å². The maximum atomic E-state index is 13.0. The standard InChI is InChI=1S/C26H27N3O2/c1-20-8-10-22(11-9-20)19-28-16-5-17-29(26(28)31)24-14-12-23(13-15-24)27-25(30)18-21-6-3-2-4-7-21/h2-4,6-15H,5,16-19H2,1H3,(H,27,30). The molecular weight excluding hydrogens is 386 g/mol. The number of nitrogens with zero attached hydrogens (tertiary/aromatic N) is 2. The van der Waals surface area contributed by atoms with Gasteiger partial charge < -0.3 is 10.2 Å². The summed E-state index contributed by atoms with van der Waals surface area (Å²) in [4.78, 5) is 29.0. The van der Waals surface area contributed by atoms with Gasteiger partial charge in [-0.1, -0.05) is 60.2 Å². The monoisotopic (exact) mass is 413 g/mol. The highest BCUT2D eigenvalue weighted by atomic mass is 16.2. The van der Waals surface area contributed by atoms with Crippen LogP contribution >= 0.6 is 0 Å². The molecule has 0 saturated carbocycles. The quantitative estimate of drug-likeness (QED) is 0.618. The number of carbonyl (C=O) groups is 2. The maximum absolute atomic E-state index is 13.0. The van der Waals surface area contributed by atoms with E-state index in [1.165, 1.54) is 5.56 Å². The van der Waals surface area contributed by atoms with Crippen molar-refractivity contribution in [1.29, 1.82) is 0 Å². The average Bonchev–Trinajstić information content (AvgIpc) is 2.78. The Balaban J connectivity index is 1.38. The van der Waals surface area contributed by atoms with E-state index >= 15 is 0 Å². The minimum atomic E-state index is -0.0581. The highest BCUT2D eigenvalue weighted by molar-refractivity contribution is 5.94. The zero-order valence-electron chi connectivity index (χ0n) is 17.8. The Kier molecular flexibility index (Phi) is 6.32. The van der Waals surface area contributed by atoms with E-state index in [1.807, 2.05) is 64.4 Å². The molecule has 158 valence electrons. The number of hydrogen-bond acceptors (Lipinski definition) is 2. The minimum Gasteiger partial charge on any atom is -0.326 e. The number of aryl methyl sites for hydroxylation is 1. The minimum absolute atomic E-state index is 0.0210. The molecule has 5 heteroatoms. The van der Waals surface area contributed by atoms with Crippen LogP contribution in [0.4, 0.5) is 16.2 Å². The van der Waals surface area contributed by atoms with Crippen molar-refractivity contribution < 1.29 is 9.59 Å². The number of benzene rings is 3. The molecule has 0 unspecified atom stereocenters. The lowest BCUT2D eigenvalue weighted by molar-refractivity contribution is -0.115. The van der Waals surface area contributed by atoms with Gasteiger partial charge in [-0.25, -0.2) is 4.79 Å². The number of carbonyl (C=O) groups excluding carboxylic acids is 2. The molecule has 4 rings (SSSR count). The second-order valence-electron chi connectivity index (χ2n) is 7.95. The van der Waals surface area contributed by atoms with Crippen LogP contribution in [0.1, 0.15) is 23.1 Å². The molecule has 1 saturated heterocycles. The topological polar surface area (TPSA) is 52.6 Å². The fourth-order valence-corrected chi connectivity index (χ4v) is 3.79. The van der Waals surface area contributed by atoms with Gasteiger partial charge in [-0.2, -0.15) is 0 Å². The van der Waals surface area contributed by atoms with Crippen LogP contribution in [0.25, 0.3) is 0 Å². The van der Waals surface area contributed by atoms with E-state index in [0.29, 0.717) is 19.5 Å². The summed E-state index contributed by atoms with van der Waals surface area (Å²) < 4.78 is 0. The molecule has 3 aromatic rings. The summed E-state index contributed by atoms with van der Waals surface area (Å²) in [5.41, 5.74) is 4.90. The van der Waals surface area contributed by atoms with E-state index < -0.39 is 0 Å². The summed E-state index contributed by atoms with van der Waals surface area (Å²) in [6.45, 7) is 4.13. The summed E-state index contributed by atoms with van der Waals surface area (Å²) in [7, 11) is 0. The average molecular weight is 414 g/mol. The van der Waals surface area contributed by atoms with Crippen molar-refractivity contribution in [3.8, 4) is 0 Å². The lowest BCUT2D eigenvalue weighted by Gasteiger charge is -2.35. The number of hydrogen-bond donors (Lipinski definition) is 1. The molecule has 1 aliphatic heterocycles. The summed E-state index contributed by atoms with van der Waals surface area (Å²) in [5.74, 6) is -0.0581. The third kappa shape index (κ3) is 5.31. The number of anilines is 2. The molecule has 3 amide bonds. The molecule has 0 aliphatic carbocycles. The Morgan fingerprint density at radius 3 is 2.29 bits per heavy atom. The van der Waals surface area contributed by atoms with E-state index in [9.17, 15) is 9.59 Å². The molecule has 1 fully saturated rings. The molecule has 0 bridgehead atoms. The van der Waals surface area contributed by atoms with E-state index in [1.54, 1.807) is 0 Å². The van der Waals surface area contributed by atoms with E-state index in [-0.39, 0.29) is 11.9 Å². The van der Waals surface area contributed by atoms with E-state index in [0.717, 1.165) is 35.5 Å². The largest absolute Gasteiger partial charge is 0.326 e. The number of rotatable bonds is 6. The maximum Gasteiger partial charge on any atom is 0.324 e. The Morgan fingerprint density at radius 1 is 0.871 bits per heavy atom. The first-order valence-corrected chi connectivity index (χ1v) is 10.6. The van der Waals surface area contributed by atoms with Crippen molar-refractivity contribution in [3.63, 3.8) is 0 Å². The van der Waals surface area contributed by atoms with Crippen molar-refractivity contribution >= 4 is 23.3 Å². The van der Waals surface area contributed by atoms with Crippen molar-refractivity contribution in [3.05, 3.63) is 95.6 Å². The van der Waals surface area contributed by atoms with Crippen LogP contribution in [-0.4, -0.2) is 29.9 Å². The molecular formula is C26H27N3O2. The van der Waals surface area contributed by atoms with E-state index in [4.69, 9.17) is 0 Å². The van der Waals surface area contributed by atoms with Crippen LogP contribution in [0.5, 0.6) is 0 Å². The summed E-state index contributed by atoms with van der Waals surface area (Å²) in [6.07, 6.45) is 1.26. The highest BCUT2D eigenvalue weighted by Gasteiger charge is 2.26. The van der Waals surface area contributed by atoms with Gasteiger partial charge in [-0.05, 0) is 48.7 Å². The fourth-order valence-electron chi connectivity index (χ4n) is 3.79. The van der Waals surface area contributed by atoms with Gasteiger partial charge in [0, 0.05) is 31.0 Å². The molecule has 1 heterocycles. The Morgan fingerprint density at radius 2 is 1.58 bits per heavy atom. The lowest BCUT2D eigenvalue weighted by Crippen LogP contribution is -2.49. The first-order valence-electron chi connectivity index (χ1n) is 10.6. The number of nitrogens with one attached hydrogen (secondary N) is 1. The van der Waals surface area contributed by atoms with Gasteiger partial charge in [0.15, 0.2) is 0 Å². The zero-order valence-corrected chi connectivity index (χ0v) is 17.8. The van der Waals surface area contributed by atoms with Gasteiger partial charge >= 0.3 is 6.03 Å². The molecule has 5 nitrogen and oxygen atoms in total. The second kappa shape index (κ2) is 9.47. The Hall–Kier alpha value is -3.60. The third-order valence-corrected chi connectivity index (χ3v) is 5.48. The van der Waals surface area contributed by atoms with Crippen LogP contribution in [0.2, 0.25) is 0 Å². The van der Waals surface area contributed by atoms with Crippen molar-refractivity contribution in [2.45, 2.75) is 26.3 Å². The molecule has 0 aromatic heterocycles. The van der Waals surface area contributed by atoms with Gasteiger partial charge in [0.1, 0.15) is 0 Å². The normalized spacial score (nSPS) is 13.9. The molecule has 1 N–H and O–H groups in total. The summed E-state index contributed by atoms with van der Waals surface area (Å²) in [6, 6.07) is 25.5. The van der Waals surface area contributed by atoms with Crippen LogP contribution in [0.15, 0.2) is 78.9 Å². The zero-order chi connectivity index (χ0) is 21.6. The van der Waals surface area contributed by atoms with Gasteiger partial charge in [-0.3, -0.25) is 9.69 Å². The molecule has 0 radical (unpaired) electrons. The molecule has 0 atom stereocenters. The summed E-state index contributed by atoms with van der Waals surface area (Å²) in [5, 5.41) is 2.92. The van der Waals surface area contributed by atoms with Crippen LogP contribution in [0.3, 0.4) is 0 Å². The smallest absolute Gasteiger partial charge is 0.324 e. The first-order chi connectivity index (χ1) is 15.1. The number of amides is 3.